The molecule has 0 aliphatic heterocycles. The molecule has 0 aromatic carbocycles. The van der Waals surface area contributed by atoms with Crippen molar-refractivity contribution in [3.05, 3.63) is 16.1 Å². The summed E-state index contributed by atoms with van der Waals surface area (Å²) in [6, 6.07) is 0. The number of nitrogens with zero attached hydrogens (tertiary/aromatic N) is 1. The van der Waals surface area contributed by atoms with E-state index in [4.69, 9.17) is 0 Å². The Morgan fingerprint density at radius 1 is 1.47 bits per heavy atom. The molecule has 84 valence electrons. The summed E-state index contributed by atoms with van der Waals surface area (Å²) < 4.78 is 0. The molecule has 1 N–H and O–H groups in total. The third kappa shape index (κ3) is 2.79. The Labute approximate surface area is 96.1 Å². The van der Waals surface area contributed by atoms with Crippen molar-refractivity contribution in [3.63, 3.8) is 0 Å². The molecule has 0 atom stereocenters. The summed E-state index contributed by atoms with van der Waals surface area (Å²) in [5.74, 6) is 0. The molecule has 1 saturated carbocycles. The number of hydrogen-bond acceptors (Lipinski definition) is 3. The van der Waals surface area contributed by atoms with Crippen molar-refractivity contribution >= 4 is 11.3 Å². The molecular weight excluding hydrogens is 204 g/mol. The highest BCUT2D eigenvalue weighted by Gasteiger charge is 2.39. The van der Waals surface area contributed by atoms with Crippen LogP contribution in [0, 0.1) is 5.41 Å². The standard InChI is InChI=1S/C12H20N2S/c1-3-11-14-10(8-15-11)7-13-9-12(4-2)5-6-12/h8,13H,3-7,9H2,1-2H3. The molecule has 1 fully saturated rings. The van der Waals surface area contributed by atoms with Crippen molar-refractivity contribution in [2.75, 3.05) is 6.54 Å². The molecule has 0 spiro atoms. The van der Waals surface area contributed by atoms with Crippen LogP contribution in [0.1, 0.15) is 43.8 Å². The number of aromatic nitrogens is 1. The second-order valence-corrected chi connectivity index (χ2v) is 5.49. The van der Waals surface area contributed by atoms with Crippen LogP contribution < -0.4 is 5.32 Å². The number of thiazole rings is 1. The van der Waals surface area contributed by atoms with E-state index in [0.29, 0.717) is 5.41 Å². The van der Waals surface area contributed by atoms with E-state index in [-0.39, 0.29) is 0 Å². The highest BCUT2D eigenvalue weighted by molar-refractivity contribution is 7.09. The Kier molecular flexibility index (Phi) is 3.42. The zero-order valence-electron chi connectivity index (χ0n) is 9.68. The molecule has 15 heavy (non-hydrogen) atoms. The van der Waals surface area contributed by atoms with Gasteiger partial charge < -0.3 is 5.32 Å². The third-order valence-electron chi connectivity index (χ3n) is 3.41. The van der Waals surface area contributed by atoms with Crippen LogP contribution in [0.3, 0.4) is 0 Å². The monoisotopic (exact) mass is 224 g/mol. The lowest BCUT2D eigenvalue weighted by atomic mass is 10.0. The molecule has 3 heteroatoms. The second kappa shape index (κ2) is 4.62. The minimum absolute atomic E-state index is 0.642. The van der Waals surface area contributed by atoms with Gasteiger partial charge in [-0.15, -0.1) is 11.3 Å². The average molecular weight is 224 g/mol. The fourth-order valence-corrected chi connectivity index (χ4v) is 2.63. The first-order chi connectivity index (χ1) is 7.28. The van der Waals surface area contributed by atoms with Gasteiger partial charge in [0.2, 0.25) is 0 Å². The van der Waals surface area contributed by atoms with E-state index in [1.807, 2.05) is 0 Å². The van der Waals surface area contributed by atoms with Crippen LogP contribution in [0.25, 0.3) is 0 Å². The van der Waals surface area contributed by atoms with Gasteiger partial charge >= 0.3 is 0 Å². The van der Waals surface area contributed by atoms with E-state index in [0.717, 1.165) is 13.0 Å². The van der Waals surface area contributed by atoms with Crippen LogP contribution in [-0.4, -0.2) is 11.5 Å². The lowest BCUT2D eigenvalue weighted by Crippen LogP contribution is -2.23. The Bertz CT molecular complexity index is 315. The first kappa shape index (κ1) is 11.1. The second-order valence-electron chi connectivity index (χ2n) is 4.54. The molecule has 1 aliphatic carbocycles. The molecule has 0 radical (unpaired) electrons. The molecule has 2 rings (SSSR count). The summed E-state index contributed by atoms with van der Waals surface area (Å²) in [5, 5.41) is 6.97. The highest BCUT2D eigenvalue weighted by atomic mass is 32.1. The highest BCUT2D eigenvalue weighted by Crippen LogP contribution is 2.47. The number of aryl methyl sites for hydroxylation is 1. The van der Waals surface area contributed by atoms with Gasteiger partial charge in [0.1, 0.15) is 0 Å². The van der Waals surface area contributed by atoms with E-state index in [9.17, 15) is 0 Å². The van der Waals surface area contributed by atoms with Crippen LogP contribution >= 0.6 is 11.3 Å². The number of hydrogen-bond donors (Lipinski definition) is 1. The molecular formula is C12H20N2S. The predicted octanol–water partition coefficient (Wildman–Crippen LogP) is 2.99. The van der Waals surface area contributed by atoms with Crippen LogP contribution in [0.4, 0.5) is 0 Å². The van der Waals surface area contributed by atoms with E-state index in [2.05, 4.69) is 29.5 Å². The fourth-order valence-electron chi connectivity index (χ4n) is 1.88. The molecule has 0 amide bonds. The lowest BCUT2D eigenvalue weighted by molar-refractivity contribution is 0.442. The summed E-state index contributed by atoms with van der Waals surface area (Å²) in [5.41, 5.74) is 1.85. The van der Waals surface area contributed by atoms with Crippen molar-refractivity contribution in [1.82, 2.24) is 10.3 Å². The quantitative estimate of drug-likeness (QED) is 0.803. The molecule has 1 aromatic heterocycles. The summed E-state index contributed by atoms with van der Waals surface area (Å²) in [6.45, 7) is 6.57. The average Bonchev–Trinajstić information content (AvgIpc) is 2.89. The Morgan fingerprint density at radius 3 is 2.80 bits per heavy atom. The molecule has 1 aromatic rings. The van der Waals surface area contributed by atoms with E-state index in [1.165, 1.54) is 36.5 Å². The molecule has 0 unspecified atom stereocenters. The van der Waals surface area contributed by atoms with Gasteiger partial charge in [0, 0.05) is 18.5 Å². The van der Waals surface area contributed by atoms with E-state index >= 15 is 0 Å². The number of nitrogens with one attached hydrogen (secondary N) is 1. The lowest BCUT2D eigenvalue weighted by Gasteiger charge is -2.12. The van der Waals surface area contributed by atoms with Gasteiger partial charge in [-0.1, -0.05) is 13.8 Å². The summed E-state index contributed by atoms with van der Waals surface area (Å²) >= 11 is 1.78. The minimum atomic E-state index is 0.642. The maximum absolute atomic E-state index is 4.55. The largest absolute Gasteiger partial charge is 0.311 e. The van der Waals surface area contributed by atoms with Gasteiger partial charge in [-0.3, -0.25) is 0 Å². The zero-order chi connectivity index (χ0) is 10.7. The smallest absolute Gasteiger partial charge is 0.0926 e. The maximum atomic E-state index is 4.55. The minimum Gasteiger partial charge on any atom is -0.311 e. The van der Waals surface area contributed by atoms with Crippen molar-refractivity contribution in [2.24, 2.45) is 5.41 Å². The summed E-state index contributed by atoms with van der Waals surface area (Å²) in [7, 11) is 0. The molecule has 0 bridgehead atoms. The van der Waals surface area contributed by atoms with Crippen molar-refractivity contribution < 1.29 is 0 Å². The number of rotatable bonds is 6. The van der Waals surface area contributed by atoms with Gasteiger partial charge in [0.25, 0.3) is 0 Å². The molecule has 1 heterocycles. The molecule has 2 nitrogen and oxygen atoms in total. The molecule has 1 aliphatic rings. The van der Waals surface area contributed by atoms with Gasteiger partial charge in [0.05, 0.1) is 10.7 Å². The first-order valence-electron chi connectivity index (χ1n) is 5.92. The van der Waals surface area contributed by atoms with Gasteiger partial charge in [0.15, 0.2) is 0 Å². The van der Waals surface area contributed by atoms with Crippen molar-refractivity contribution in [2.45, 2.75) is 46.1 Å². The predicted molar refractivity (Wildman–Crippen MR) is 65.2 cm³/mol. The zero-order valence-corrected chi connectivity index (χ0v) is 10.5. The van der Waals surface area contributed by atoms with Crippen LogP contribution in [0.15, 0.2) is 5.38 Å². The maximum Gasteiger partial charge on any atom is 0.0926 e. The van der Waals surface area contributed by atoms with Crippen molar-refractivity contribution in [1.29, 1.82) is 0 Å². The summed E-state index contributed by atoms with van der Waals surface area (Å²) in [4.78, 5) is 4.55. The topological polar surface area (TPSA) is 24.9 Å². The SMILES string of the molecule is CCc1nc(CNCC2(CC)CC2)cs1. The van der Waals surface area contributed by atoms with Gasteiger partial charge in [-0.25, -0.2) is 4.98 Å². The van der Waals surface area contributed by atoms with Gasteiger partial charge in [-0.05, 0) is 31.1 Å². The summed E-state index contributed by atoms with van der Waals surface area (Å²) in [6.07, 6.45) is 5.20. The Hall–Kier alpha value is -0.410. The third-order valence-corrected chi connectivity index (χ3v) is 4.46. The van der Waals surface area contributed by atoms with Crippen LogP contribution in [0.2, 0.25) is 0 Å². The molecule has 0 saturated heterocycles. The van der Waals surface area contributed by atoms with Crippen molar-refractivity contribution in [3.8, 4) is 0 Å². The first-order valence-corrected chi connectivity index (χ1v) is 6.80. The van der Waals surface area contributed by atoms with Crippen LogP contribution in [-0.2, 0) is 13.0 Å². The Morgan fingerprint density at radius 2 is 2.27 bits per heavy atom. The van der Waals surface area contributed by atoms with E-state index in [1.54, 1.807) is 11.3 Å². The van der Waals surface area contributed by atoms with E-state index < -0.39 is 0 Å². The Balaban J connectivity index is 1.73. The fraction of sp³-hybridized carbons (Fsp3) is 0.750. The van der Waals surface area contributed by atoms with Crippen LogP contribution in [0.5, 0.6) is 0 Å². The normalized spacial score (nSPS) is 18.0. The van der Waals surface area contributed by atoms with Gasteiger partial charge in [-0.2, -0.15) is 0 Å².